The molecule has 0 bridgehead atoms. The number of hydrogen-bond donors (Lipinski definition) is 2. The summed E-state index contributed by atoms with van der Waals surface area (Å²) >= 11 is 0. The van der Waals surface area contributed by atoms with Crippen LogP contribution in [0.15, 0.2) is 36.9 Å². The minimum Gasteiger partial charge on any atom is -0.368 e. The second-order valence-corrected chi connectivity index (χ2v) is 3.25. The number of nitro groups is 1. The maximum atomic E-state index is 10.6. The average molecular weight is 235 g/mol. The van der Waals surface area contributed by atoms with Crippen molar-refractivity contribution in [2.45, 2.75) is 6.23 Å². The summed E-state index contributed by atoms with van der Waals surface area (Å²) in [5.74, 6) is 0. The Labute approximate surface area is 95.6 Å². The first-order valence-electron chi connectivity index (χ1n) is 4.70. The van der Waals surface area contributed by atoms with Gasteiger partial charge < -0.3 is 5.11 Å². The lowest BCUT2D eigenvalue weighted by atomic mass is 10.2. The van der Waals surface area contributed by atoms with Crippen LogP contribution < -0.4 is 5.43 Å². The van der Waals surface area contributed by atoms with Crippen molar-refractivity contribution in [3.05, 3.63) is 52.6 Å². The van der Waals surface area contributed by atoms with Gasteiger partial charge in [0.25, 0.3) is 5.69 Å². The Morgan fingerprint density at radius 2 is 2.12 bits per heavy atom. The minimum absolute atomic E-state index is 0.0768. The molecule has 2 aromatic rings. The van der Waals surface area contributed by atoms with Gasteiger partial charge in [0.1, 0.15) is 12.7 Å². The first-order chi connectivity index (χ1) is 8.16. The lowest BCUT2D eigenvalue weighted by molar-refractivity contribution is -0.385. The van der Waals surface area contributed by atoms with E-state index in [0.717, 1.165) is 0 Å². The van der Waals surface area contributed by atoms with Gasteiger partial charge in [-0.1, -0.05) is 12.1 Å². The fourth-order valence-electron chi connectivity index (χ4n) is 1.29. The molecule has 1 heterocycles. The summed E-state index contributed by atoms with van der Waals surface area (Å²) in [5, 5.41) is 27.5. The zero-order valence-corrected chi connectivity index (χ0v) is 8.59. The monoisotopic (exact) mass is 235 g/mol. The Morgan fingerprint density at radius 3 is 2.76 bits per heavy atom. The van der Waals surface area contributed by atoms with Crippen molar-refractivity contribution in [1.29, 1.82) is 0 Å². The summed E-state index contributed by atoms with van der Waals surface area (Å²) in [7, 11) is 0. The van der Waals surface area contributed by atoms with E-state index >= 15 is 0 Å². The Bertz CT molecular complexity index is 513. The Balaban J connectivity index is 2.16. The maximum Gasteiger partial charge on any atom is 0.269 e. The molecule has 0 fully saturated rings. The van der Waals surface area contributed by atoms with E-state index in [-0.39, 0.29) is 5.69 Å². The van der Waals surface area contributed by atoms with E-state index in [9.17, 15) is 15.2 Å². The Morgan fingerprint density at radius 1 is 1.41 bits per heavy atom. The van der Waals surface area contributed by atoms with Crippen molar-refractivity contribution in [1.82, 2.24) is 14.9 Å². The molecule has 0 amide bonds. The molecule has 1 unspecified atom stereocenters. The quantitative estimate of drug-likeness (QED) is 0.452. The smallest absolute Gasteiger partial charge is 0.269 e. The third-order valence-electron chi connectivity index (χ3n) is 2.09. The highest BCUT2D eigenvalue weighted by atomic mass is 16.6. The zero-order valence-electron chi connectivity index (χ0n) is 8.59. The standard InChI is InChI=1S/C9H9N5O3/c15-9(12-13-5-10-11-6-13)7-2-1-3-8(4-7)14(16)17/h1-6,9,12,15H. The van der Waals surface area contributed by atoms with Crippen LogP contribution >= 0.6 is 0 Å². The van der Waals surface area contributed by atoms with Crippen molar-refractivity contribution in [2.24, 2.45) is 0 Å². The molecule has 0 radical (unpaired) electrons. The number of rotatable bonds is 4. The van der Waals surface area contributed by atoms with Crippen molar-refractivity contribution < 1.29 is 10.0 Å². The van der Waals surface area contributed by atoms with E-state index in [1.807, 2.05) is 0 Å². The first-order valence-corrected chi connectivity index (χ1v) is 4.70. The van der Waals surface area contributed by atoms with E-state index in [4.69, 9.17) is 0 Å². The van der Waals surface area contributed by atoms with Gasteiger partial charge in [-0.3, -0.25) is 15.5 Å². The molecule has 1 atom stereocenters. The van der Waals surface area contributed by atoms with Gasteiger partial charge >= 0.3 is 0 Å². The summed E-state index contributed by atoms with van der Waals surface area (Å²) in [5.41, 5.74) is 2.93. The van der Waals surface area contributed by atoms with Gasteiger partial charge in [-0.05, 0) is 0 Å². The fraction of sp³-hybridized carbons (Fsp3) is 0.111. The molecule has 2 rings (SSSR count). The number of aliphatic hydroxyl groups is 1. The maximum absolute atomic E-state index is 10.6. The van der Waals surface area contributed by atoms with Crippen LogP contribution in [0.4, 0.5) is 5.69 Å². The summed E-state index contributed by atoms with van der Waals surface area (Å²) in [6.45, 7) is 0. The van der Waals surface area contributed by atoms with Crippen LogP contribution in [0.5, 0.6) is 0 Å². The Kier molecular flexibility index (Phi) is 2.97. The van der Waals surface area contributed by atoms with Gasteiger partial charge in [-0.25, -0.2) is 4.68 Å². The molecule has 1 aromatic carbocycles. The van der Waals surface area contributed by atoms with Gasteiger partial charge in [0.15, 0.2) is 6.23 Å². The molecule has 0 spiro atoms. The van der Waals surface area contributed by atoms with E-state index in [0.29, 0.717) is 5.56 Å². The number of aliphatic hydroxyl groups excluding tert-OH is 1. The lowest BCUT2D eigenvalue weighted by Gasteiger charge is -2.13. The topological polar surface area (TPSA) is 106 Å². The Hall–Kier alpha value is -2.48. The SMILES string of the molecule is O=[N+]([O-])c1cccc(C(O)Nn2cnnc2)c1. The molecule has 0 aliphatic rings. The van der Waals surface area contributed by atoms with E-state index < -0.39 is 11.2 Å². The largest absolute Gasteiger partial charge is 0.368 e. The molecular formula is C9H9N5O3. The predicted molar refractivity (Wildman–Crippen MR) is 57.4 cm³/mol. The van der Waals surface area contributed by atoms with Gasteiger partial charge in [-0.2, -0.15) is 0 Å². The number of nitrogens with one attached hydrogen (secondary N) is 1. The van der Waals surface area contributed by atoms with Crippen LogP contribution in [0, 0.1) is 10.1 Å². The summed E-state index contributed by atoms with van der Waals surface area (Å²) < 4.78 is 1.35. The van der Waals surface area contributed by atoms with Crippen LogP contribution in [0.1, 0.15) is 11.8 Å². The van der Waals surface area contributed by atoms with Crippen LogP contribution in [0.3, 0.4) is 0 Å². The average Bonchev–Trinajstić information content (AvgIpc) is 2.82. The molecule has 0 saturated carbocycles. The van der Waals surface area contributed by atoms with E-state index in [1.165, 1.54) is 35.5 Å². The number of non-ortho nitro benzene ring substituents is 1. The van der Waals surface area contributed by atoms with Crippen molar-refractivity contribution in [2.75, 3.05) is 5.43 Å². The molecule has 88 valence electrons. The van der Waals surface area contributed by atoms with Gasteiger partial charge in [-0.15, -0.1) is 10.2 Å². The first kappa shape index (κ1) is 11.0. The van der Waals surface area contributed by atoms with Crippen LogP contribution in [-0.2, 0) is 0 Å². The normalized spacial score (nSPS) is 12.1. The highest BCUT2D eigenvalue weighted by Crippen LogP contribution is 2.18. The summed E-state index contributed by atoms with van der Waals surface area (Å²) in [6.07, 6.45) is 1.65. The molecule has 1 aromatic heterocycles. The molecule has 2 N–H and O–H groups in total. The highest BCUT2D eigenvalue weighted by Gasteiger charge is 2.11. The molecule has 17 heavy (non-hydrogen) atoms. The van der Waals surface area contributed by atoms with Crippen LogP contribution in [0.2, 0.25) is 0 Å². The third kappa shape index (κ3) is 2.55. The van der Waals surface area contributed by atoms with Gasteiger partial charge in [0.05, 0.1) is 4.92 Å². The van der Waals surface area contributed by atoms with E-state index in [2.05, 4.69) is 15.6 Å². The second kappa shape index (κ2) is 4.58. The van der Waals surface area contributed by atoms with Gasteiger partial charge in [0, 0.05) is 17.7 Å². The number of nitrogens with zero attached hydrogens (tertiary/aromatic N) is 4. The second-order valence-electron chi connectivity index (χ2n) is 3.25. The number of hydrogen-bond acceptors (Lipinski definition) is 6. The fourth-order valence-corrected chi connectivity index (χ4v) is 1.29. The molecule has 0 aliphatic heterocycles. The molecule has 0 aliphatic carbocycles. The molecule has 0 saturated heterocycles. The highest BCUT2D eigenvalue weighted by molar-refractivity contribution is 5.35. The number of benzene rings is 1. The minimum atomic E-state index is -1.08. The molecular weight excluding hydrogens is 226 g/mol. The summed E-state index contributed by atoms with van der Waals surface area (Å²) in [6, 6.07) is 5.73. The molecule has 8 heteroatoms. The predicted octanol–water partition coefficient (Wildman–Crippen LogP) is 0.421. The summed E-state index contributed by atoms with van der Waals surface area (Å²) in [4.78, 5) is 10.1. The van der Waals surface area contributed by atoms with Crippen LogP contribution in [-0.4, -0.2) is 24.9 Å². The number of aromatic nitrogens is 3. The van der Waals surface area contributed by atoms with Crippen LogP contribution in [0.25, 0.3) is 0 Å². The van der Waals surface area contributed by atoms with Crippen molar-refractivity contribution in [3.8, 4) is 0 Å². The zero-order chi connectivity index (χ0) is 12.3. The molecule has 8 nitrogen and oxygen atoms in total. The lowest BCUT2D eigenvalue weighted by Crippen LogP contribution is -2.19. The van der Waals surface area contributed by atoms with E-state index in [1.54, 1.807) is 6.07 Å². The third-order valence-corrected chi connectivity index (χ3v) is 2.09. The van der Waals surface area contributed by atoms with Crippen molar-refractivity contribution in [3.63, 3.8) is 0 Å². The number of nitro benzene ring substituents is 1. The van der Waals surface area contributed by atoms with Gasteiger partial charge in [0.2, 0.25) is 0 Å². The van der Waals surface area contributed by atoms with Crippen molar-refractivity contribution >= 4 is 5.69 Å².